The summed E-state index contributed by atoms with van der Waals surface area (Å²) in [6.45, 7) is 9.23. The lowest BCUT2D eigenvalue weighted by atomic mass is 9.74. The summed E-state index contributed by atoms with van der Waals surface area (Å²) >= 11 is 0. The number of aromatic nitrogens is 4. The van der Waals surface area contributed by atoms with Gasteiger partial charge in [-0.15, -0.1) is 0 Å². The standard InChI is InChI=1S/C84H56F2N4O2/c1-83(2,89-63-39-19-7-25-49(63)50-26-8-20-40-64(50)89)79-77(53-29-5-15-35-59(53)85)81(87-61-37-17-11-31-55(61)73-67(87)45-47-71-75(73)57-33-13-23-43-69(57)91-71)78(54-30-6-16-36-60(54)86)80(84(3,4)90-65-41-21-9-27-51(65)52-28-10-22-42-66(52)90)82(79)88-62-38-18-12-32-56(62)74-68(88)46-48-72-76(74)58-34-14-24-44-70(58)92-72/h5-48H,1-4H3. The van der Waals surface area contributed by atoms with Crippen molar-refractivity contribution in [1.29, 1.82) is 0 Å². The van der Waals surface area contributed by atoms with Gasteiger partial charge in [-0.05, 0) is 113 Å². The molecule has 0 aliphatic carbocycles. The SMILES string of the molecule is CC(C)(c1c(-c2ccccc2F)c(-n2c3ccccc3c3c4c(ccc32)oc2ccccc24)c(-c2ccccc2F)c(C(C)(C)n2c3ccccc3c3ccccc32)c1-n1c2ccccc2c2c3c(ccc21)oc1ccccc13)n1c2ccccc2c2ccccc21. The minimum atomic E-state index is -1.14. The van der Waals surface area contributed by atoms with E-state index >= 15 is 8.78 Å². The summed E-state index contributed by atoms with van der Waals surface area (Å²) < 4.78 is 61.2. The highest BCUT2D eigenvalue weighted by atomic mass is 19.1. The zero-order chi connectivity index (χ0) is 61.5. The molecule has 438 valence electrons. The zero-order valence-corrected chi connectivity index (χ0v) is 50.8. The molecule has 6 aromatic heterocycles. The first kappa shape index (κ1) is 52.5. The minimum Gasteiger partial charge on any atom is -0.456 e. The van der Waals surface area contributed by atoms with Crippen molar-refractivity contribution < 1.29 is 17.6 Å². The molecule has 0 unspecified atom stereocenters. The molecule has 0 aliphatic rings. The predicted molar refractivity (Wildman–Crippen MR) is 376 cm³/mol. The number of fused-ring (bicyclic) bond motifs is 20. The minimum absolute atomic E-state index is 0.358. The fourth-order valence-corrected chi connectivity index (χ4v) is 16.5. The van der Waals surface area contributed by atoms with Gasteiger partial charge in [0.05, 0.1) is 44.5 Å². The third-order valence-electron chi connectivity index (χ3n) is 20.0. The topological polar surface area (TPSA) is 46.0 Å². The van der Waals surface area contributed by atoms with Crippen molar-refractivity contribution in [1.82, 2.24) is 18.3 Å². The average Bonchev–Trinajstić information content (AvgIpc) is 1.27. The van der Waals surface area contributed by atoms with Gasteiger partial charge in [-0.2, -0.15) is 0 Å². The molecule has 0 saturated carbocycles. The highest BCUT2D eigenvalue weighted by molar-refractivity contribution is 6.29. The Morgan fingerprint density at radius 3 is 0.946 bits per heavy atom. The van der Waals surface area contributed by atoms with Crippen LogP contribution in [0.3, 0.4) is 0 Å². The Morgan fingerprint density at radius 1 is 0.261 bits per heavy atom. The lowest BCUT2D eigenvalue weighted by Gasteiger charge is -2.42. The molecule has 0 bridgehead atoms. The Morgan fingerprint density at radius 2 is 0.565 bits per heavy atom. The van der Waals surface area contributed by atoms with Crippen LogP contribution in [0, 0.1) is 11.6 Å². The number of benzene rings is 13. The van der Waals surface area contributed by atoms with E-state index in [2.05, 4.69) is 240 Å². The van der Waals surface area contributed by atoms with Crippen LogP contribution in [0.1, 0.15) is 38.8 Å². The Bertz CT molecular complexity index is 6070. The summed E-state index contributed by atoms with van der Waals surface area (Å²) in [4.78, 5) is 0. The molecule has 92 heavy (non-hydrogen) atoms. The third kappa shape index (κ3) is 6.95. The van der Waals surface area contributed by atoms with Crippen molar-refractivity contribution in [2.24, 2.45) is 0 Å². The Kier molecular flexibility index (Phi) is 10.8. The van der Waals surface area contributed by atoms with Gasteiger partial charge in [0.15, 0.2) is 0 Å². The molecule has 0 radical (unpaired) electrons. The fraction of sp³-hybridized carbons (Fsp3) is 0.0714. The van der Waals surface area contributed by atoms with Crippen LogP contribution in [0.25, 0.3) is 165 Å². The first-order valence-corrected chi connectivity index (χ1v) is 31.5. The summed E-state index contributed by atoms with van der Waals surface area (Å²) in [6, 6.07) is 91.1. The molecule has 0 spiro atoms. The van der Waals surface area contributed by atoms with Crippen molar-refractivity contribution >= 4 is 131 Å². The van der Waals surface area contributed by atoms with Crippen molar-refractivity contribution in [2.45, 2.75) is 38.8 Å². The maximum absolute atomic E-state index is 18.9. The normalized spacial score (nSPS) is 12.7. The summed E-state index contributed by atoms with van der Waals surface area (Å²) in [5.41, 5.74) is 13.3. The summed E-state index contributed by atoms with van der Waals surface area (Å²) in [5, 5.41) is 12.2. The van der Waals surface area contributed by atoms with Gasteiger partial charge in [0.25, 0.3) is 0 Å². The predicted octanol–water partition coefficient (Wildman–Crippen LogP) is 23.1. The van der Waals surface area contributed by atoms with E-state index in [9.17, 15) is 0 Å². The molecule has 0 saturated heterocycles. The van der Waals surface area contributed by atoms with Crippen LogP contribution in [0.2, 0.25) is 0 Å². The summed E-state index contributed by atoms with van der Waals surface area (Å²) in [5.74, 6) is -0.851. The Labute approximate surface area is 526 Å². The fourth-order valence-electron chi connectivity index (χ4n) is 16.5. The van der Waals surface area contributed by atoms with Gasteiger partial charge in [0.1, 0.15) is 34.0 Å². The molecule has 0 aliphatic heterocycles. The van der Waals surface area contributed by atoms with Crippen LogP contribution in [-0.2, 0) is 11.1 Å². The van der Waals surface area contributed by atoms with Crippen LogP contribution in [0.4, 0.5) is 8.78 Å². The molecule has 13 aromatic carbocycles. The van der Waals surface area contributed by atoms with E-state index < -0.39 is 22.7 Å². The molecule has 6 nitrogen and oxygen atoms in total. The molecule has 19 aromatic rings. The van der Waals surface area contributed by atoms with Crippen LogP contribution in [0.15, 0.2) is 276 Å². The number of hydrogen-bond acceptors (Lipinski definition) is 2. The molecule has 8 heteroatoms. The van der Waals surface area contributed by atoms with E-state index in [1.165, 1.54) is 0 Å². The number of rotatable bonds is 8. The van der Waals surface area contributed by atoms with Crippen molar-refractivity contribution in [2.75, 3.05) is 0 Å². The average molecular weight is 1190 g/mol. The van der Waals surface area contributed by atoms with Crippen molar-refractivity contribution in [3.8, 4) is 33.6 Å². The van der Waals surface area contributed by atoms with Crippen LogP contribution < -0.4 is 0 Å². The number of halogens is 2. The van der Waals surface area contributed by atoms with Crippen molar-refractivity contribution in [3.05, 3.63) is 290 Å². The smallest absolute Gasteiger partial charge is 0.136 e. The molecule has 0 fully saturated rings. The second kappa shape index (κ2) is 19.0. The van der Waals surface area contributed by atoms with Crippen LogP contribution in [-0.4, -0.2) is 18.3 Å². The molecular weight excluding hydrogens is 1130 g/mol. The van der Waals surface area contributed by atoms with E-state index in [4.69, 9.17) is 8.83 Å². The van der Waals surface area contributed by atoms with Gasteiger partial charge in [-0.25, -0.2) is 8.78 Å². The quantitative estimate of drug-likeness (QED) is 0.152. The highest BCUT2D eigenvalue weighted by Crippen LogP contribution is 2.58. The van der Waals surface area contributed by atoms with Gasteiger partial charge in [-0.1, -0.05) is 182 Å². The second-order valence-corrected chi connectivity index (χ2v) is 25.6. The van der Waals surface area contributed by atoms with Crippen LogP contribution >= 0.6 is 0 Å². The van der Waals surface area contributed by atoms with Gasteiger partial charge < -0.3 is 27.1 Å². The van der Waals surface area contributed by atoms with E-state index in [1.807, 2.05) is 48.5 Å². The third-order valence-corrected chi connectivity index (χ3v) is 20.0. The van der Waals surface area contributed by atoms with Crippen molar-refractivity contribution in [3.63, 3.8) is 0 Å². The number of nitrogens with zero attached hydrogens (tertiary/aromatic N) is 4. The van der Waals surface area contributed by atoms with Gasteiger partial charge in [-0.3, -0.25) is 0 Å². The first-order valence-electron chi connectivity index (χ1n) is 31.5. The van der Waals surface area contributed by atoms with E-state index in [1.54, 1.807) is 24.3 Å². The van der Waals surface area contributed by atoms with E-state index in [0.717, 1.165) is 148 Å². The summed E-state index contributed by atoms with van der Waals surface area (Å²) in [6.07, 6.45) is 0. The monoisotopic (exact) mass is 1190 g/mol. The van der Waals surface area contributed by atoms with Gasteiger partial charge in [0.2, 0.25) is 0 Å². The number of furan rings is 2. The maximum atomic E-state index is 18.9. The zero-order valence-electron chi connectivity index (χ0n) is 50.8. The second-order valence-electron chi connectivity index (χ2n) is 25.6. The maximum Gasteiger partial charge on any atom is 0.136 e. The first-order chi connectivity index (χ1) is 45.1. The Hall–Kier alpha value is -11.5. The molecule has 0 atom stereocenters. The molecule has 0 amide bonds. The lowest BCUT2D eigenvalue weighted by molar-refractivity contribution is 0.447. The van der Waals surface area contributed by atoms with E-state index in [0.29, 0.717) is 27.9 Å². The molecule has 6 heterocycles. The molecular formula is C84H56F2N4O2. The van der Waals surface area contributed by atoms with Crippen LogP contribution in [0.5, 0.6) is 0 Å². The number of para-hydroxylation sites is 8. The summed E-state index contributed by atoms with van der Waals surface area (Å²) in [7, 11) is 0. The number of hydrogen-bond donors (Lipinski definition) is 0. The Balaban J connectivity index is 1.16. The highest BCUT2D eigenvalue weighted by Gasteiger charge is 2.45. The lowest BCUT2D eigenvalue weighted by Crippen LogP contribution is -2.36. The van der Waals surface area contributed by atoms with E-state index in [-0.39, 0.29) is 0 Å². The molecule has 19 rings (SSSR count). The van der Waals surface area contributed by atoms with Gasteiger partial charge in [0, 0.05) is 120 Å². The largest absolute Gasteiger partial charge is 0.456 e. The van der Waals surface area contributed by atoms with Gasteiger partial charge >= 0.3 is 0 Å². The molecule has 0 N–H and O–H groups in total.